The molecule has 0 unspecified atom stereocenters. The molecule has 0 bridgehead atoms. The molecule has 5 atom stereocenters. The molecule has 30 heavy (non-hydrogen) atoms. The van der Waals surface area contributed by atoms with Crippen LogP contribution in [0.4, 0.5) is 5.69 Å². The van der Waals surface area contributed by atoms with E-state index in [1.165, 1.54) is 0 Å². The van der Waals surface area contributed by atoms with Gasteiger partial charge in [-0.2, -0.15) is 0 Å². The number of nitrogen functional groups attached to an aromatic ring is 1. The number of fused-ring (bicyclic) bond motifs is 3. The van der Waals surface area contributed by atoms with Gasteiger partial charge in [0.1, 0.15) is 24.1 Å². The van der Waals surface area contributed by atoms with Crippen molar-refractivity contribution in [1.29, 1.82) is 0 Å². The first-order chi connectivity index (χ1) is 14.1. The number of nitrogens with two attached hydrogens (primary N) is 1. The minimum Gasteiger partial charge on any atom is -0.462 e. The molecule has 1 saturated heterocycles. The molecule has 2 aliphatic rings. The maximum atomic E-state index is 11.1. The van der Waals surface area contributed by atoms with Gasteiger partial charge < -0.3 is 40.3 Å². The summed E-state index contributed by atoms with van der Waals surface area (Å²) in [6.07, 6.45) is -7.05. The van der Waals surface area contributed by atoms with Gasteiger partial charge in [-0.1, -0.05) is 12.1 Å². The Balaban J connectivity index is 1.50. The van der Waals surface area contributed by atoms with Gasteiger partial charge in [0.15, 0.2) is 0 Å². The fraction of sp³-hybridized carbons (Fsp3) is 0.400. The zero-order valence-corrected chi connectivity index (χ0v) is 16.9. The van der Waals surface area contributed by atoms with Crippen molar-refractivity contribution in [2.24, 2.45) is 0 Å². The smallest absolute Gasteiger partial charge is 0.325 e. The molecule has 0 radical (unpaired) electrons. The van der Waals surface area contributed by atoms with Gasteiger partial charge in [-0.25, -0.2) is 0 Å². The first kappa shape index (κ1) is 21.3. The average Bonchev–Trinajstić information content (AvgIpc) is 3.03. The second kappa shape index (κ2) is 7.94. The topological polar surface area (TPSA) is 163 Å². The van der Waals surface area contributed by atoms with E-state index in [0.29, 0.717) is 17.9 Å². The Hall–Kier alpha value is -1.97. The number of benzene rings is 2. The lowest BCUT2D eigenvalue weighted by atomic mass is 9.97. The molecule has 7 N–H and O–H groups in total. The van der Waals surface area contributed by atoms with Crippen LogP contribution in [0.25, 0.3) is 11.1 Å². The van der Waals surface area contributed by atoms with E-state index in [4.69, 9.17) is 25.0 Å². The second-order valence-electron chi connectivity index (χ2n) is 7.72. The standard InChI is InChI=1S/C20H24NO8P/c21-12-1-3-14-10(8-12)7-11-9-13(2-4-15(11)14)28-20-19(24)18(23)17(22)16(29-20)5-6-30(25,26)27/h1-4,8-9,16-20,22-24H,5-7,21H2,(H2,25,26,27)/t16-,17-,18+,19+,20+/m1/s1. The molecule has 0 saturated carbocycles. The number of hydrogen-bond donors (Lipinski definition) is 6. The van der Waals surface area contributed by atoms with Crippen LogP contribution < -0.4 is 10.5 Å². The Bertz CT molecular complexity index is 993. The fourth-order valence-electron chi connectivity index (χ4n) is 3.96. The summed E-state index contributed by atoms with van der Waals surface area (Å²) < 4.78 is 22.4. The van der Waals surface area contributed by atoms with E-state index in [-0.39, 0.29) is 6.42 Å². The molecule has 0 aromatic heterocycles. The Morgan fingerprint density at radius 1 is 1.00 bits per heavy atom. The predicted octanol–water partition coefficient (Wildman–Crippen LogP) is 0.594. The van der Waals surface area contributed by atoms with Crippen molar-refractivity contribution < 1.29 is 39.1 Å². The van der Waals surface area contributed by atoms with Gasteiger partial charge in [0.25, 0.3) is 0 Å². The maximum Gasteiger partial charge on any atom is 0.325 e. The van der Waals surface area contributed by atoms with Crippen LogP contribution in [0.2, 0.25) is 0 Å². The molecule has 0 spiro atoms. The normalized spacial score (nSPS) is 28.1. The fourth-order valence-corrected chi connectivity index (χ4v) is 4.55. The van der Waals surface area contributed by atoms with Crippen molar-refractivity contribution in [2.75, 3.05) is 11.9 Å². The monoisotopic (exact) mass is 437 g/mol. The molecule has 1 fully saturated rings. The highest BCUT2D eigenvalue weighted by atomic mass is 31.2. The number of anilines is 1. The van der Waals surface area contributed by atoms with Crippen LogP contribution in [0.15, 0.2) is 36.4 Å². The van der Waals surface area contributed by atoms with Crippen molar-refractivity contribution in [3.8, 4) is 16.9 Å². The molecule has 9 nitrogen and oxygen atoms in total. The van der Waals surface area contributed by atoms with Crippen LogP contribution in [-0.4, -0.2) is 62.0 Å². The van der Waals surface area contributed by atoms with Gasteiger partial charge in [-0.15, -0.1) is 0 Å². The summed E-state index contributed by atoms with van der Waals surface area (Å²) in [7, 11) is -4.31. The lowest BCUT2D eigenvalue weighted by molar-refractivity contribution is -0.272. The molecule has 2 aromatic rings. The van der Waals surface area contributed by atoms with Gasteiger partial charge in [0.2, 0.25) is 6.29 Å². The number of aliphatic hydroxyl groups excluding tert-OH is 3. The molecule has 2 aromatic carbocycles. The van der Waals surface area contributed by atoms with Crippen molar-refractivity contribution >= 4 is 13.3 Å². The van der Waals surface area contributed by atoms with Gasteiger partial charge in [0.05, 0.1) is 12.3 Å². The lowest BCUT2D eigenvalue weighted by Crippen LogP contribution is -2.59. The SMILES string of the molecule is Nc1ccc2c(c1)Cc1cc(O[C@H]3O[C@H](CCP(=O)(O)O)[C@@H](O)[C@H](O)[C@@H]3O)ccc1-2. The third-order valence-corrected chi connectivity index (χ3v) is 6.34. The first-order valence-electron chi connectivity index (χ1n) is 9.55. The lowest BCUT2D eigenvalue weighted by Gasteiger charge is -2.40. The quantitative estimate of drug-likeness (QED) is 0.248. The van der Waals surface area contributed by atoms with Gasteiger partial charge in [-0.05, 0) is 59.4 Å². The molecule has 10 heteroatoms. The zero-order valence-electron chi connectivity index (χ0n) is 16.0. The van der Waals surface area contributed by atoms with Crippen molar-refractivity contribution in [1.82, 2.24) is 0 Å². The second-order valence-corrected chi connectivity index (χ2v) is 9.50. The largest absolute Gasteiger partial charge is 0.462 e. The van der Waals surface area contributed by atoms with E-state index in [0.717, 1.165) is 22.3 Å². The zero-order chi connectivity index (χ0) is 21.6. The summed E-state index contributed by atoms with van der Waals surface area (Å²) in [6, 6.07) is 11.1. The minimum absolute atomic E-state index is 0.198. The van der Waals surface area contributed by atoms with Gasteiger partial charge in [0, 0.05) is 5.69 Å². The molecular weight excluding hydrogens is 413 g/mol. The highest BCUT2D eigenvalue weighted by Crippen LogP contribution is 2.40. The Labute approximate surface area is 172 Å². The summed E-state index contributed by atoms with van der Waals surface area (Å²) in [5.74, 6) is 0.399. The van der Waals surface area contributed by atoms with E-state index in [1.807, 2.05) is 30.3 Å². The molecule has 1 aliphatic carbocycles. The Morgan fingerprint density at radius 3 is 2.37 bits per heavy atom. The van der Waals surface area contributed by atoms with Crippen molar-refractivity contribution in [2.45, 2.75) is 43.5 Å². The van der Waals surface area contributed by atoms with Crippen LogP contribution in [0.5, 0.6) is 5.75 Å². The van der Waals surface area contributed by atoms with Gasteiger partial charge in [-0.3, -0.25) is 4.57 Å². The van der Waals surface area contributed by atoms with E-state index < -0.39 is 44.5 Å². The summed E-state index contributed by atoms with van der Waals surface area (Å²) in [4.78, 5) is 18.1. The predicted molar refractivity (Wildman–Crippen MR) is 108 cm³/mol. The summed E-state index contributed by atoms with van der Waals surface area (Å²) in [5.41, 5.74) is 10.8. The maximum absolute atomic E-state index is 11.1. The Morgan fingerprint density at radius 2 is 1.67 bits per heavy atom. The molecule has 0 amide bonds. The van der Waals surface area contributed by atoms with E-state index in [1.54, 1.807) is 6.07 Å². The average molecular weight is 437 g/mol. The number of hydrogen-bond acceptors (Lipinski definition) is 7. The Kier molecular flexibility index (Phi) is 5.63. The molecule has 1 heterocycles. The van der Waals surface area contributed by atoms with E-state index in [9.17, 15) is 19.9 Å². The molecule has 4 rings (SSSR count). The first-order valence-corrected chi connectivity index (χ1v) is 11.3. The van der Waals surface area contributed by atoms with E-state index in [2.05, 4.69) is 0 Å². The van der Waals surface area contributed by atoms with Gasteiger partial charge >= 0.3 is 7.60 Å². The third-order valence-electron chi connectivity index (χ3n) is 5.50. The van der Waals surface area contributed by atoms with Crippen LogP contribution in [0.3, 0.4) is 0 Å². The van der Waals surface area contributed by atoms with Crippen molar-refractivity contribution in [3.63, 3.8) is 0 Å². The summed E-state index contributed by atoms with van der Waals surface area (Å²) in [6.45, 7) is 0. The van der Waals surface area contributed by atoms with Crippen LogP contribution in [0.1, 0.15) is 17.5 Å². The van der Waals surface area contributed by atoms with Crippen LogP contribution in [0, 0.1) is 0 Å². The highest BCUT2D eigenvalue weighted by Gasteiger charge is 2.45. The number of rotatable bonds is 5. The number of ether oxygens (including phenoxy) is 2. The summed E-state index contributed by atoms with van der Waals surface area (Å²) >= 11 is 0. The van der Waals surface area contributed by atoms with E-state index >= 15 is 0 Å². The van der Waals surface area contributed by atoms with Crippen LogP contribution >= 0.6 is 7.60 Å². The highest BCUT2D eigenvalue weighted by molar-refractivity contribution is 7.51. The summed E-state index contributed by atoms with van der Waals surface area (Å²) in [5, 5.41) is 30.5. The number of aliphatic hydroxyl groups is 3. The molecule has 162 valence electrons. The molecular formula is C20H24NO8P. The third kappa shape index (κ3) is 4.24. The van der Waals surface area contributed by atoms with Crippen molar-refractivity contribution in [3.05, 3.63) is 47.5 Å². The molecule has 1 aliphatic heterocycles. The minimum atomic E-state index is -4.31. The van der Waals surface area contributed by atoms with Crippen LogP contribution in [-0.2, 0) is 15.7 Å².